The van der Waals surface area contributed by atoms with Crippen LogP contribution < -0.4 is 0 Å². The number of carbonyl (C=O) groups is 1. The molecule has 0 unspecified atom stereocenters. The van der Waals surface area contributed by atoms with Crippen molar-refractivity contribution < 1.29 is 18.0 Å². The lowest BCUT2D eigenvalue weighted by atomic mass is 9.88. The first-order valence-corrected chi connectivity index (χ1v) is 11.9. The van der Waals surface area contributed by atoms with E-state index in [1.807, 2.05) is 35.8 Å². The molecule has 4 aromatic rings. The maximum atomic E-state index is 13.9. The molecule has 2 aromatic carbocycles. The standard InChI is InChI=1S/C28H26F3N5O/c1-4-19-6-5-7-20(12-19)15-36-10-8-22-23(25-17-34(3)33-26(25)28(29,30)31)13-21(14-24(22)27(36)37)16-35-11-9-32-18(35)2/h4-7,9,11-14,17H,1,8,10,15-16H2,2-3H3. The fourth-order valence-corrected chi connectivity index (χ4v) is 4.89. The summed E-state index contributed by atoms with van der Waals surface area (Å²) >= 11 is 0. The smallest absolute Gasteiger partial charge is 0.334 e. The van der Waals surface area contributed by atoms with E-state index in [9.17, 15) is 18.0 Å². The number of aryl methyl sites for hydroxylation is 2. The Morgan fingerprint density at radius 3 is 2.57 bits per heavy atom. The van der Waals surface area contributed by atoms with Crippen LogP contribution >= 0.6 is 0 Å². The summed E-state index contributed by atoms with van der Waals surface area (Å²) in [7, 11) is 1.47. The zero-order valence-corrected chi connectivity index (χ0v) is 20.6. The molecule has 0 radical (unpaired) electrons. The quantitative estimate of drug-likeness (QED) is 0.348. The van der Waals surface area contributed by atoms with Gasteiger partial charge >= 0.3 is 6.18 Å². The van der Waals surface area contributed by atoms with Crippen molar-refractivity contribution in [2.75, 3.05) is 6.54 Å². The van der Waals surface area contributed by atoms with Crippen LogP contribution in [0.25, 0.3) is 17.2 Å². The summed E-state index contributed by atoms with van der Waals surface area (Å²) in [4.78, 5) is 19.7. The van der Waals surface area contributed by atoms with Crippen molar-refractivity contribution in [1.29, 1.82) is 0 Å². The Kier molecular flexibility index (Phi) is 6.23. The molecule has 1 amide bonds. The summed E-state index contributed by atoms with van der Waals surface area (Å²) < 4.78 is 44.8. The van der Waals surface area contributed by atoms with Gasteiger partial charge in [-0.05, 0) is 59.4 Å². The molecule has 0 saturated heterocycles. The van der Waals surface area contributed by atoms with Crippen LogP contribution in [-0.4, -0.2) is 36.7 Å². The van der Waals surface area contributed by atoms with Gasteiger partial charge in [0.15, 0.2) is 5.69 Å². The number of alkyl halides is 3. The molecule has 37 heavy (non-hydrogen) atoms. The van der Waals surface area contributed by atoms with Gasteiger partial charge in [0.1, 0.15) is 5.82 Å². The largest absolute Gasteiger partial charge is 0.435 e. The average molecular weight is 506 g/mol. The Bertz CT molecular complexity index is 1500. The Morgan fingerprint density at radius 2 is 1.86 bits per heavy atom. The van der Waals surface area contributed by atoms with Crippen LogP contribution in [0.15, 0.2) is 61.6 Å². The molecule has 0 atom stereocenters. The summed E-state index contributed by atoms with van der Waals surface area (Å²) in [5.41, 5.74) is 3.10. The number of aromatic nitrogens is 4. The molecule has 0 bridgehead atoms. The van der Waals surface area contributed by atoms with Gasteiger partial charge in [-0.1, -0.05) is 30.9 Å². The van der Waals surface area contributed by atoms with Gasteiger partial charge in [-0.25, -0.2) is 4.98 Å². The van der Waals surface area contributed by atoms with E-state index >= 15 is 0 Å². The molecule has 9 heteroatoms. The minimum Gasteiger partial charge on any atom is -0.334 e. The third kappa shape index (κ3) is 4.81. The fraction of sp³-hybridized carbons (Fsp3) is 0.250. The van der Waals surface area contributed by atoms with Gasteiger partial charge in [-0.15, -0.1) is 0 Å². The first-order valence-electron chi connectivity index (χ1n) is 11.9. The highest BCUT2D eigenvalue weighted by atomic mass is 19.4. The SMILES string of the molecule is C=Cc1cccc(CN2CCc3c(cc(Cn4ccnc4C)cc3-c3cn(C)nc3C(F)(F)F)C2=O)c1. The number of fused-ring (bicyclic) bond motifs is 1. The molecule has 0 fully saturated rings. The second kappa shape index (κ2) is 9.38. The van der Waals surface area contributed by atoms with Gasteiger partial charge in [-0.2, -0.15) is 18.3 Å². The van der Waals surface area contributed by atoms with Gasteiger partial charge < -0.3 is 9.47 Å². The molecule has 1 aliphatic rings. The Hall–Kier alpha value is -4.14. The number of hydrogen-bond donors (Lipinski definition) is 0. The third-order valence-electron chi connectivity index (χ3n) is 6.68. The van der Waals surface area contributed by atoms with Crippen molar-refractivity contribution in [3.8, 4) is 11.1 Å². The van der Waals surface area contributed by atoms with Gasteiger partial charge in [0.05, 0.1) is 0 Å². The van der Waals surface area contributed by atoms with E-state index in [0.29, 0.717) is 42.7 Å². The summed E-state index contributed by atoms with van der Waals surface area (Å²) in [5, 5.41) is 3.71. The maximum absolute atomic E-state index is 13.9. The van der Waals surface area contributed by atoms with Crippen LogP contribution in [0.3, 0.4) is 0 Å². The van der Waals surface area contributed by atoms with Crippen LogP contribution in [-0.2, 0) is 32.7 Å². The van der Waals surface area contributed by atoms with Crippen molar-refractivity contribution in [3.63, 3.8) is 0 Å². The second-order valence-corrected chi connectivity index (χ2v) is 9.26. The lowest BCUT2D eigenvalue weighted by Gasteiger charge is -2.31. The summed E-state index contributed by atoms with van der Waals surface area (Å²) in [5.74, 6) is 0.569. The predicted molar refractivity (Wildman–Crippen MR) is 135 cm³/mol. The highest BCUT2D eigenvalue weighted by molar-refractivity contribution is 5.99. The number of amides is 1. The molecular weight excluding hydrogens is 479 g/mol. The Morgan fingerprint density at radius 1 is 1.08 bits per heavy atom. The van der Waals surface area contributed by atoms with Crippen molar-refractivity contribution >= 4 is 12.0 Å². The minimum absolute atomic E-state index is 0.0182. The maximum Gasteiger partial charge on any atom is 0.435 e. The highest BCUT2D eigenvalue weighted by Crippen LogP contribution is 2.40. The molecule has 0 spiro atoms. The average Bonchev–Trinajstić information content (AvgIpc) is 3.46. The normalized spacial score (nSPS) is 13.6. The van der Waals surface area contributed by atoms with Gasteiger partial charge in [0.25, 0.3) is 5.91 Å². The zero-order valence-electron chi connectivity index (χ0n) is 20.6. The van der Waals surface area contributed by atoms with Crippen LogP contribution in [0.5, 0.6) is 0 Å². The summed E-state index contributed by atoms with van der Waals surface area (Å²) in [6.07, 6.45) is 2.42. The number of halogens is 3. The van der Waals surface area contributed by atoms with E-state index in [0.717, 1.165) is 22.5 Å². The highest BCUT2D eigenvalue weighted by Gasteiger charge is 2.39. The third-order valence-corrected chi connectivity index (χ3v) is 6.68. The van der Waals surface area contributed by atoms with E-state index < -0.39 is 11.9 Å². The number of nitrogens with zero attached hydrogens (tertiary/aromatic N) is 5. The molecule has 0 aliphatic carbocycles. The molecule has 0 saturated carbocycles. The zero-order chi connectivity index (χ0) is 26.3. The Balaban J connectivity index is 1.60. The van der Waals surface area contributed by atoms with E-state index in [2.05, 4.69) is 16.7 Å². The molecule has 2 aromatic heterocycles. The van der Waals surface area contributed by atoms with E-state index in [-0.39, 0.29) is 11.5 Å². The lowest BCUT2D eigenvalue weighted by molar-refractivity contribution is -0.140. The minimum atomic E-state index is -4.62. The summed E-state index contributed by atoms with van der Waals surface area (Å²) in [6, 6.07) is 11.3. The van der Waals surface area contributed by atoms with E-state index in [4.69, 9.17) is 0 Å². The van der Waals surface area contributed by atoms with Crippen LogP contribution in [0.1, 0.15) is 44.1 Å². The molecular formula is C28H26F3N5O. The van der Waals surface area contributed by atoms with Gasteiger partial charge in [0.2, 0.25) is 0 Å². The number of rotatable bonds is 6. The van der Waals surface area contributed by atoms with Crippen molar-refractivity contribution in [1.82, 2.24) is 24.2 Å². The first-order chi connectivity index (χ1) is 17.6. The van der Waals surface area contributed by atoms with Crippen LogP contribution in [0, 0.1) is 6.92 Å². The number of carbonyl (C=O) groups excluding carboxylic acids is 1. The van der Waals surface area contributed by atoms with Crippen LogP contribution in [0.4, 0.5) is 13.2 Å². The topological polar surface area (TPSA) is 56.0 Å². The van der Waals surface area contributed by atoms with Gasteiger partial charge in [-0.3, -0.25) is 9.48 Å². The predicted octanol–water partition coefficient (Wildman–Crippen LogP) is 5.50. The van der Waals surface area contributed by atoms with Crippen molar-refractivity contribution in [2.45, 2.75) is 32.6 Å². The lowest BCUT2D eigenvalue weighted by Crippen LogP contribution is -2.37. The first kappa shape index (κ1) is 24.5. The van der Waals surface area contributed by atoms with E-state index in [1.54, 1.807) is 35.5 Å². The fourth-order valence-electron chi connectivity index (χ4n) is 4.89. The molecule has 5 rings (SSSR count). The Labute approximate surface area is 212 Å². The molecule has 3 heterocycles. The second-order valence-electron chi connectivity index (χ2n) is 9.26. The van der Waals surface area contributed by atoms with E-state index in [1.165, 1.54) is 17.9 Å². The molecule has 1 aliphatic heterocycles. The van der Waals surface area contributed by atoms with Crippen molar-refractivity contribution in [3.05, 3.63) is 101 Å². The monoisotopic (exact) mass is 505 g/mol. The van der Waals surface area contributed by atoms with Crippen molar-refractivity contribution in [2.24, 2.45) is 7.05 Å². The molecule has 0 N–H and O–H groups in total. The molecule has 6 nitrogen and oxygen atoms in total. The molecule has 190 valence electrons. The van der Waals surface area contributed by atoms with Gasteiger partial charge in [0, 0.05) is 56.4 Å². The number of imidazole rings is 1. The number of hydrogen-bond acceptors (Lipinski definition) is 3. The number of benzene rings is 2. The summed E-state index contributed by atoms with van der Waals surface area (Å²) in [6.45, 7) is 6.84. The van der Waals surface area contributed by atoms with Crippen LogP contribution in [0.2, 0.25) is 0 Å².